The largest absolute Gasteiger partial charge is 0.507 e. The van der Waals surface area contributed by atoms with Gasteiger partial charge in [0.15, 0.2) is 0 Å². The van der Waals surface area contributed by atoms with Crippen molar-refractivity contribution < 1.29 is 9.84 Å². The standard InChI is InChI=1S/C24H41NO2/c1-3-4-5-6-7-8-9-10-11-12-13-14-15-16-19-25-21-22-17-18-23(27-2)20-24(22)26/h17-18,20-21,26H,3-16,19H2,1-2H3. The van der Waals surface area contributed by atoms with Gasteiger partial charge in [0.25, 0.3) is 0 Å². The molecule has 1 rings (SSSR count). The molecule has 0 aliphatic rings. The second-order valence-electron chi connectivity index (χ2n) is 7.56. The van der Waals surface area contributed by atoms with Crippen LogP contribution in [0.5, 0.6) is 11.5 Å². The number of aromatic hydroxyl groups is 1. The van der Waals surface area contributed by atoms with E-state index in [4.69, 9.17) is 4.74 Å². The maximum absolute atomic E-state index is 9.88. The number of methoxy groups -OCH3 is 1. The molecule has 0 fully saturated rings. The number of hydrogen-bond donors (Lipinski definition) is 1. The van der Waals surface area contributed by atoms with Gasteiger partial charge < -0.3 is 9.84 Å². The highest BCUT2D eigenvalue weighted by Gasteiger charge is 2.00. The monoisotopic (exact) mass is 375 g/mol. The molecule has 0 saturated carbocycles. The molecule has 0 aliphatic carbocycles. The zero-order valence-electron chi connectivity index (χ0n) is 17.7. The molecular formula is C24H41NO2. The number of unbranched alkanes of at least 4 members (excludes halogenated alkanes) is 13. The van der Waals surface area contributed by atoms with Crippen molar-refractivity contribution in [2.75, 3.05) is 13.7 Å². The van der Waals surface area contributed by atoms with Crippen LogP contribution in [0.15, 0.2) is 23.2 Å². The third-order valence-electron chi connectivity index (χ3n) is 5.11. The topological polar surface area (TPSA) is 41.8 Å². The van der Waals surface area contributed by atoms with Gasteiger partial charge in [-0.1, -0.05) is 90.4 Å². The number of phenolic OH excluding ortho intramolecular Hbond substituents is 1. The third kappa shape index (κ3) is 12.5. The summed E-state index contributed by atoms with van der Waals surface area (Å²) in [6.07, 6.45) is 21.0. The highest BCUT2D eigenvalue weighted by atomic mass is 16.5. The lowest BCUT2D eigenvalue weighted by atomic mass is 10.0. The van der Waals surface area contributed by atoms with E-state index >= 15 is 0 Å². The van der Waals surface area contributed by atoms with Gasteiger partial charge in [0.05, 0.1) is 7.11 Å². The summed E-state index contributed by atoms with van der Waals surface area (Å²) in [7, 11) is 1.60. The lowest BCUT2D eigenvalue weighted by Gasteiger charge is -2.03. The Balaban J connectivity index is 1.89. The number of benzene rings is 1. The van der Waals surface area contributed by atoms with Crippen LogP contribution in [-0.2, 0) is 0 Å². The fraction of sp³-hybridized carbons (Fsp3) is 0.708. The van der Waals surface area contributed by atoms with Crippen LogP contribution in [0, 0.1) is 0 Å². The lowest BCUT2D eigenvalue weighted by Crippen LogP contribution is -1.89. The predicted molar refractivity (Wildman–Crippen MR) is 117 cm³/mol. The first-order valence-corrected chi connectivity index (χ1v) is 11.1. The van der Waals surface area contributed by atoms with Crippen LogP contribution in [0.3, 0.4) is 0 Å². The van der Waals surface area contributed by atoms with Crippen molar-refractivity contribution in [3.8, 4) is 11.5 Å². The number of ether oxygens (including phenoxy) is 1. The van der Waals surface area contributed by atoms with Crippen LogP contribution in [0.25, 0.3) is 0 Å². The smallest absolute Gasteiger partial charge is 0.128 e. The summed E-state index contributed by atoms with van der Waals surface area (Å²) in [6.45, 7) is 3.12. The summed E-state index contributed by atoms with van der Waals surface area (Å²) in [5.41, 5.74) is 0.751. The molecule has 0 aromatic heterocycles. The highest BCUT2D eigenvalue weighted by Crippen LogP contribution is 2.21. The minimum absolute atomic E-state index is 0.221. The van der Waals surface area contributed by atoms with Gasteiger partial charge >= 0.3 is 0 Å². The van der Waals surface area contributed by atoms with Crippen molar-refractivity contribution in [3.63, 3.8) is 0 Å². The Morgan fingerprint density at radius 3 is 1.81 bits per heavy atom. The second-order valence-corrected chi connectivity index (χ2v) is 7.56. The van der Waals surface area contributed by atoms with Crippen molar-refractivity contribution in [3.05, 3.63) is 23.8 Å². The maximum atomic E-state index is 9.88. The van der Waals surface area contributed by atoms with Crippen LogP contribution in [-0.4, -0.2) is 25.0 Å². The average molecular weight is 376 g/mol. The summed E-state index contributed by atoms with van der Waals surface area (Å²) < 4.78 is 5.08. The van der Waals surface area contributed by atoms with E-state index in [-0.39, 0.29) is 5.75 Å². The summed E-state index contributed by atoms with van der Waals surface area (Å²) in [4.78, 5) is 4.43. The van der Waals surface area contributed by atoms with E-state index in [0.717, 1.165) is 18.5 Å². The lowest BCUT2D eigenvalue weighted by molar-refractivity contribution is 0.407. The molecule has 1 N–H and O–H groups in total. The molecular weight excluding hydrogens is 334 g/mol. The van der Waals surface area contributed by atoms with Gasteiger partial charge in [-0.2, -0.15) is 0 Å². The number of nitrogens with zero attached hydrogens (tertiary/aromatic N) is 1. The van der Waals surface area contributed by atoms with Crippen LogP contribution < -0.4 is 4.74 Å². The van der Waals surface area contributed by atoms with Crippen molar-refractivity contribution in [2.24, 2.45) is 4.99 Å². The maximum Gasteiger partial charge on any atom is 0.128 e. The van der Waals surface area contributed by atoms with Crippen LogP contribution in [0.4, 0.5) is 0 Å². The molecule has 0 saturated heterocycles. The van der Waals surface area contributed by atoms with Crippen molar-refractivity contribution in [2.45, 2.75) is 96.8 Å². The van der Waals surface area contributed by atoms with E-state index in [1.165, 1.54) is 83.5 Å². The van der Waals surface area contributed by atoms with Crippen molar-refractivity contribution >= 4 is 6.21 Å². The molecule has 3 heteroatoms. The normalized spacial score (nSPS) is 11.3. The summed E-state index contributed by atoms with van der Waals surface area (Å²) >= 11 is 0. The minimum Gasteiger partial charge on any atom is -0.507 e. The second kappa shape index (κ2) is 16.6. The van der Waals surface area contributed by atoms with Crippen LogP contribution in [0.1, 0.15) is 102 Å². The number of phenols is 1. The van der Waals surface area contributed by atoms with Gasteiger partial charge in [-0.25, -0.2) is 0 Å². The molecule has 0 spiro atoms. The molecule has 0 atom stereocenters. The van der Waals surface area contributed by atoms with Gasteiger partial charge in [0, 0.05) is 24.4 Å². The summed E-state index contributed by atoms with van der Waals surface area (Å²) in [5.74, 6) is 0.885. The number of aliphatic imine (C=N–C) groups is 1. The van der Waals surface area contributed by atoms with Gasteiger partial charge in [0.1, 0.15) is 11.5 Å². The average Bonchev–Trinajstić information content (AvgIpc) is 2.68. The Kier molecular flexibility index (Phi) is 14.5. The molecule has 3 nitrogen and oxygen atoms in total. The van der Waals surface area contributed by atoms with E-state index in [1.807, 2.05) is 12.1 Å². The molecule has 27 heavy (non-hydrogen) atoms. The molecule has 1 aromatic rings. The first kappa shape index (κ1) is 23.5. The molecule has 0 radical (unpaired) electrons. The molecule has 0 unspecified atom stereocenters. The van der Waals surface area contributed by atoms with Crippen molar-refractivity contribution in [1.82, 2.24) is 0 Å². The Hall–Kier alpha value is -1.51. The van der Waals surface area contributed by atoms with Gasteiger partial charge in [-0.15, -0.1) is 0 Å². The zero-order valence-corrected chi connectivity index (χ0v) is 17.7. The minimum atomic E-state index is 0.221. The molecule has 0 amide bonds. The third-order valence-corrected chi connectivity index (χ3v) is 5.11. The predicted octanol–water partition coefficient (Wildman–Crippen LogP) is 7.30. The Morgan fingerprint density at radius 1 is 0.815 bits per heavy atom. The van der Waals surface area contributed by atoms with E-state index in [2.05, 4.69) is 11.9 Å². The summed E-state index contributed by atoms with van der Waals surface area (Å²) in [6, 6.07) is 5.30. The van der Waals surface area contributed by atoms with Gasteiger partial charge in [-0.3, -0.25) is 4.99 Å². The van der Waals surface area contributed by atoms with Crippen LogP contribution >= 0.6 is 0 Å². The molecule has 154 valence electrons. The number of rotatable bonds is 17. The Bertz CT molecular complexity index is 499. The number of hydrogen-bond acceptors (Lipinski definition) is 3. The van der Waals surface area contributed by atoms with E-state index in [0.29, 0.717) is 5.75 Å². The van der Waals surface area contributed by atoms with E-state index < -0.39 is 0 Å². The molecule has 0 aliphatic heterocycles. The van der Waals surface area contributed by atoms with Crippen LogP contribution in [0.2, 0.25) is 0 Å². The van der Waals surface area contributed by atoms with E-state index in [1.54, 1.807) is 19.4 Å². The van der Waals surface area contributed by atoms with Crippen molar-refractivity contribution in [1.29, 1.82) is 0 Å². The fourth-order valence-corrected chi connectivity index (χ4v) is 3.32. The molecule has 0 heterocycles. The van der Waals surface area contributed by atoms with E-state index in [9.17, 15) is 5.11 Å². The Morgan fingerprint density at radius 2 is 1.33 bits per heavy atom. The first-order chi connectivity index (χ1) is 13.3. The fourth-order valence-electron chi connectivity index (χ4n) is 3.32. The first-order valence-electron chi connectivity index (χ1n) is 11.1. The summed E-state index contributed by atoms with van der Waals surface area (Å²) in [5, 5.41) is 9.88. The Labute approximate surface area is 167 Å². The zero-order chi connectivity index (χ0) is 19.6. The SMILES string of the molecule is CCCCCCCCCCCCCCCCN=Cc1ccc(OC)cc1O. The molecule has 1 aromatic carbocycles. The quantitative estimate of drug-likeness (QED) is 0.229. The molecule has 0 bridgehead atoms. The van der Waals surface area contributed by atoms with Gasteiger partial charge in [0.2, 0.25) is 0 Å². The van der Waals surface area contributed by atoms with Gasteiger partial charge in [-0.05, 0) is 18.6 Å². The highest BCUT2D eigenvalue weighted by molar-refractivity contribution is 5.83.